The van der Waals surface area contributed by atoms with E-state index < -0.39 is 22.0 Å². The smallest absolute Gasteiger partial charge is 0.335 e. The Kier molecular flexibility index (Phi) is 8.00. The number of methoxy groups -OCH3 is 2. The largest absolute Gasteiger partial charge is 0.497 e. The fraction of sp³-hybridized carbons (Fsp3) is 0.350. The molecule has 1 atom stereocenters. The summed E-state index contributed by atoms with van der Waals surface area (Å²) in [5.41, 5.74) is 1.28. The monoisotopic (exact) mass is 422 g/mol. The Labute approximate surface area is 170 Å². The van der Waals surface area contributed by atoms with Crippen LogP contribution in [0.25, 0.3) is 0 Å². The molecule has 0 fully saturated rings. The quantitative estimate of drug-likeness (QED) is 0.509. The first-order valence-corrected chi connectivity index (χ1v) is 10.5. The summed E-state index contributed by atoms with van der Waals surface area (Å²) in [5, 5.41) is 12.3. The van der Waals surface area contributed by atoms with Gasteiger partial charge in [0.05, 0.1) is 25.0 Å². The molecule has 29 heavy (non-hydrogen) atoms. The van der Waals surface area contributed by atoms with Crippen molar-refractivity contribution in [2.24, 2.45) is 0 Å². The zero-order valence-electron chi connectivity index (χ0n) is 16.6. The van der Waals surface area contributed by atoms with Gasteiger partial charge in [0.15, 0.2) is 0 Å². The molecule has 0 aliphatic carbocycles. The van der Waals surface area contributed by atoms with Crippen molar-refractivity contribution in [3.05, 3.63) is 53.6 Å². The maximum absolute atomic E-state index is 12.8. The van der Waals surface area contributed by atoms with Crippen molar-refractivity contribution in [3.8, 4) is 5.75 Å². The summed E-state index contributed by atoms with van der Waals surface area (Å²) < 4.78 is 38.2. The van der Waals surface area contributed by atoms with E-state index in [-0.39, 0.29) is 17.1 Å². The van der Waals surface area contributed by atoms with Gasteiger partial charge in [-0.3, -0.25) is 0 Å². The molecular formula is C20H26N2O6S. The van der Waals surface area contributed by atoms with Crippen LogP contribution in [0.15, 0.2) is 47.4 Å². The number of carboxylic acid groups (broad SMARTS) is 1. The molecule has 0 bridgehead atoms. The highest BCUT2D eigenvalue weighted by Gasteiger charge is 2.22. The second-order valence-corrected chi connectivity index (χ2v) is 8.20. The lowest BCUT2D eigenvalue weighted by Gasteiger charge is -2.17. The Morgan fingerprint density at radius 1 is 1.14 bits per heavy atom. The van der Waals surface area contributed by atoms with E-state index in [2.05, 4.69) is 10.0 Å². The van der Waals surface area contributed by atoms with Gasteiger partial charge in [0.25, 0.3) is 0 Å². The third kappa shape index (κ3) is 6.45. The highest BCUT2D eigenvalue weighted by Crippen LogP contribution is 2.23. The van der Waals surface area contributed by atoms with Crippen LogP contribution < -0.4 is 14.8 Å². The molecule has 158 valence electrons. The van der Waals surface area contributed by atoms with Crippen molar-refractivity contribution in [2.75, 3.05) is 32.7 Å². The molecule has 0 unspecified atom stereocenters. The van der Waals surface area contributed by atoms with Crippen LogP contribution in [0, 0.1) is 0 Å². The molecule has 2 aromatic rings. The molecule has 0 saturated carbocycles. The van der Waals surface area contributed by atoms with Gasteiger partial charge in [0.1, 0.15) is 10.6 Å². The summed E-state index contributed by atoms with van der Waals surface area (Å²) >= 11 is 0. The summed E-state index contributed by atoms with van der Waals surface area (Å²) in [4.78, 5) is 11.2. The third-order valence-electron chi connectivity index (χ3n) is 4.18. The van der Waals surface area contributed by atoms with E-state index in [9.17, 15) is 18.3 Å². The average Bonchev–Trinajstić information content (AvgIpc) is 2.68. The normalized spacial score (nSPS) is 12.4. The van der Waals surface area contributed by atoms with E-state index in [0.29, 0.717) is 18.7 Å². The number of carboxylic acids is 1. The molecule has 2 aromatic carbocycles. The Balaban J connectivity index is 2.20. The number of sulfonamides is 1. The fourth-order valence-corrected chi connectivity index (χ4v) is 4.21. The molecule has 0 saturated heterocycles. The molecule has 9 heteroatoms. The Bertz CT molecular complexity index is 928. The number of rotatable bonds is 11. The number of nitrogens with one attached hydrogen (secondary N) is 2. The average molecular weight is 423 g/mol. The number of hydrogen-bond donors (Lipinski definition) is 3. The van der Waals surface area contributed by atoms with Crippen LogP contribution in [0.4, 0.5) is 5.69 Å². The van der Waals surface area contributed by atoms with Crippen molar-refractivity contribution in [3.63, 3.8) is 0 Å². The Morgan fingerprint density at radius 2 is 1.83 bits per heavy atom. The number of carbonyl (C=O) groups is 1. The lowest BCUT2D eigenvalue weighted by atomic mass is 10.1. The van der Waals surface area contributed by atoms with Crippen LogP contribution in [-0.4, -0.2) is 52.9 Å². The van der Waals surface area contributed by atoms with Crippen LogP contribution in [0.2, 0.25) is 0 Å². The van der Waals surface area contributed by atoms with Crippen molar-refractivity contribution < 1.29 is 27.8 Å². The van der Waals surface area contributed by atoms with Crippen molar-refractivity contribution in [2.45, 2.75) is 24.3 Å². The Morgan fingerprint density at radius 3 is 2.41 bits per heavy atom. The number of benzene rings is 2. The predicted molar refractivity (Wildman–Crippen MR) is 110 cm³/mol. The highest BCUT2D eigenvalue weighted by molar-refractivity contribution is 7.89. The lowest BCUT2D eigenvalue weighted by Crippen LogP contribution is -2.36. The van der Waals surface area contributed by atoms with Crippen molar-refractivity contribution in [1.82, 2.24) is 4.72 Å². The first kappa shape index (κ1) is 22.7. The van der Waals surface area contributed by atoms with Gasteiger partial charge in [0.2, 0.25) is 10.0 Å². The molecule has 0 aliphatic heterocycles. The maximum atomic E-state index is 12.8. The summed E-state index contributed by atoms with van der Waals surface area (Å²) in [7, 11) is -0.873. The molecule has 3 N–H and O–H groups in total. The fourth-order valence-electron chi connectivity index (χ4n) is 2.77. The first-order valence-electron chi connectivity index (χ1n) is 9.02. The van der Waals surface area contributed by atoms with E-state index in [4.69, 9.17) is 9.47 Å². The molecular weight excluding hydrogens is 396 g/mol. The zero-order valence-corrected chi connectivity index (χ0v) is 17.5. The topological polar surface area (TPSA) is 114 Å². The van der Waals surface area contributed by atoms with Gasteiger partial charge in [-0.1, -0.05) is 12.1 Å². The number of hydrogen-bond acceptors (Lipinski definition) is 6. The number of ether oxygens (including phenoxy) is 2. The second kappa shape index (κ2) is 10.2. The number of aromatic carboxylic acids is 1. The van der Waals surface area contributed by atoms with Crippen molar-refractivity contribution >= 4 is 21.7 Å². The van der Waals surface area contributed by atoms with Gasteiger partial charge in [-0.15, -0.1) is 0 Å². The van der Waals surface area contributed by atoms with Crippen LogP contribution in [0.5, 0.6) is 5.75 Å². The van der Waals surface area contributed by atoms with Gasteiger partial charge in [-0.2, -0.15) is 0 Å². The SMILES string of the molecule is COC[C@@H](C)NS(=O)(=O)c1cc(C(=O)O)ccc1NCCc1ccc(OC)cc1. The first-order chi connectivity index (χ1) is 13.8. The molecule has 0 heterocycles. The molecule has 0 radical (unpaired) electrons. The van der Waals surface area contributed by atoms with Gasteiger partial charge in [0, 0.05) is 19.7 Å². The lowest BCUT2D eigenvalue weighted by molar-refractivity contribution is 0.0696. The van der Waals surface area contributed by atoms with E-state index in [0.717, 1.165) is 17.4 Å². The zero-order chi connectivity index (χ0) is 21.4. The minimum atomic E-state index is -3.94. The molecule has 8 nitrogen and oxygen atoms in total. The standard InChI is InChI=1S/C20H26N2O6S/c1-14(13-27-2)22-29(25,26)19-12-16(20(23)24)6-9-18(19)21-11-10-15-4-7-17(28-3)8-5-15/h4-9,12,14,21-22H,10-11,13H2,1-3H3,(H,23,24)/t14-/m1/s1. The van der Waals surface area contributed by atoms with Crippen LogP contribution >= 0.6 is 0 Å². The second-order valence-electron chi connectivity index (χ2n) is 6.52. The summed E-state index contributed by atoms with van der Waals surface area (Å²) in [6, 6.07) is 11.1. The summed E-state index contributed by atoms with van der Waals surface area (Å²) in [6.45, 7) is 2.33. The summed E-state index contributed by atoms with van der Waals surface area (Å²) in [5.74, 6) is -0.438. The van der Waals surface area contributed by atoms with Crippen LogP contribution in [-0.2, 0) is 21.2 Å². The maximum Gasteiger partial charge on any atom is 0.335 e. The van der Waals surface area contributed by atoms with E-state index in [1.807, 2.05) is 24.3 Å². The van der Waals surface area contributed by atoms with E-state index in [1.54, 1.807) is 14.0 Å². The Hall–Kier alpha value is -2.62. The molecule has 0 amide bonds. The van der Waals surface area contributed by atoms with Gasteiger partial charge in [-0.25, -0.2) is 17.9 Å². The molecule has 2 rings (SSSR count). The van der Waals surface area contributed by atoms with Crippen LogP contribution in [0.3, 0.4) is 0 Å². The minimum absolute atomic E-state index is 0.106. The van der Waals surface area contributed by atoms with Crippen LogP contribution in [0.1, 0.15) is 22.8 Å². The molecule has 0 spiro atoms. The predicted octanol–water partition coefficient (Wildman–Crippen LogP) is 2.36. The van der Waals surface area contributed by atoms with Gasteiger partial charge < -0.3 is 19.9 Å². The number of anilines is 1. The highest BCUT2D eigenvalue weighted by atomic mass is 32.2. The summed E-state index contributed by atoms with van der Waals surface area (Å²) in [6.07, 6.45) is 0.650. The van der Waals surface area contributed by atoms with E-state index >= 15 is 0 Å². The van der Waals surface area contributed by atoms with Gasteiger partial charge >= 0.3 is 5.97 Å². The third-order valence-corrected chi connectivity index (χ3v) is 5.81. The molecule has 0 aliphatic rings. The molecule has 0 aromatic heterocycles. The van der Waals surface area contributed by atoms with Gasteiger partial charge in [-0.05, 0) is 49.2 Å². The minimum Gasteiger partial charge on any atom is -0.497 e. The van der Waals surface area contributed by atoms with E-state index in [1.165, 1.54) is 19.2 Å². The van der Waals surface area contributed by atoms with Crippen molar-refractivity contribution in [1.29, 1.82) is 0 Å².